The summed E-state index contributed by atoms with van der Waals surface area (Å²) in [5.74, 6) is -1.15. The molecule has 0 N–H and O–H groups in total. The molecule has 0 aliphatic rings. The van der Waals surface area contributed by atoms with Gasteiger partial charge in [-0.3, -0.25) is 14.4 Å². The lowest BCUT2D eigenvalue weighted by molar-refractivity contribution is -0.166. The summed E-state index contributed by atoms with van der Waals surface area (Å²) in [6.45, 7) is 6.04. The third kappa shape index (κ3) is 54.5. The Hall–Kier alpha value is -6.27. The van der Waals surface area contributed by atoms with Crippen LogP contribution in [-0.4, -0.2) is 37.2 Å². The summed E-state index contributed by atoms with van der Waals surface area (Å²) < 4.78 is 16.7. The lowest BCUT2D eigenvalue weighted by atomic mass is 10.1. The Morgan fingerprint density at radius 2 is 0.606 bits per heavy atom. The smallest absolute Gasteiger partial charge is 0.306 e. The molecule has 0 saturated heterocycles. The summed E-state index contributed by atoms with van der Waals surface area (Å²) in [5, 5.41) is 0. The van der Waals surface area contributed by atoms with Gasteiger partial charge in [0.1, 0.15) is 13.2 Å². The van der Waals surface area contributed by atoms with Crippen LogP contribution in [0.25, 0.3) is 0 Å². The number of carbonyl (C=O) groups excluding carboxylic acids is 3. The minimum absolute atomic E-state index is 0.158. The van der Waals surface area contributed by atoms with Gasteiger partial charge in [0.2, 0.25) is 0 Å². The first-order valence-corrected chi connectivity index (χ1v) is 26.4. The van der Waals surface area contributed by atoms with E-state index in [1.54, 1.807) is 0 Å². The van der Waals surface area contributed by atoms with Crippen LogP contribution in [-0.2, 0) is 28.6 Å². The van der Waals surface area contributed by atoms with Crippen molar-refractivity contribution < 1.29 is 28.6 Å². The zero-order valence-electron chi connectivity index (χ0n) is 43.9. The SMILES string of the molecule is CC\C=C/C=C\C=C/C=C\C=C\C=C/CCCCCC(=O)OCC(COC(=O)CC/C=C\C/C=C\C/C=C\C/C=C\C/C=C\C/C=C\CC)OC(=O)CCCCC\C=C/C=C/C=C\C=C/C=C\C=C/CC. The zero-order valence-corrected chi connectivity index (χ0v) is 43.9. The Morgan fingerprint density at radius 3 is 0.986 bits per heavy atom. The highest BCUT2D eigenvalue weighted by molar-refractivity contribution is 5.71. The van der Waals surface area contributed by atoms with Gasteiger partial charge in [-0.25, -0.2) is 0 Å². The molecule has 0 aromatic rings. The van der Waals surface area contributed by atoms with Gasteiger partial charge in [-0.05, 0) is 96.3 Å². The molecule has 71 heavy (non-hydrogen) atoms. The van der Waals surface area contributed by atoms with Crippen molar-refractivity contribution >= 4 is 17.9 Å². The number of hydrogen-bond donors (Lipinski definition) is 0. The monoisotopic (exact) mass is 967 g/mol. The van der Waals surface area contributed by atoms with Crippen LogP contribution in [0.15, 0.2) is 219 Å². The lowest BCUT2D eigenvalue weighted by Crippen LogP contribution is -2.30. The van der Waals surface area contributed by atoms with Gasteiger partial charge in [-0.2, -0.15) is 0 Å². The fourth-order valence-corrected chi connectivity index (χ4v) is 5.94. The number of carbonyl (C=O) groups is 3. The highest BCUT2D eigenvalue weighted by atomic mass is 16.6. The molecule has 1 unspecified atom stereocenters. The highest BCUT2D eigenvalue weighted by Gasteiger charge is 2.19. The van der Waals surface area contributed by atoms with Crippen LogP contribution in [0.1, 0.15) is 149 Å². The predicted molar refractivity (Wildman–Crippen MR) is 306 cm³/mol. The Kier molecular flexibility index (Phi) is 51.3. The normalized spacial score (nSPS) is 13.9. The van der Waals surface area contributed by atoms with Crippen LogP contribution in [0.5, 0.6) is 0 Å². The number of esters is 3. The van der Waals surface area contributed by atoms with Crippen molar-refractivity contribution in [1.29, 1.82) is 0 Å². The molecule has 0 aliphatic carbocycles. The van der Waals surface area contributed by atoms with E-state index >= 15 is 0 Å². The van der Waals surface area contributed by atoms with Crippen molar-refractivity contribution in [2.45, 2.75) is 155 Å². The Labute approximate surface area is 432 Å². The standard InChI is InChI=1S/C65H90O6/c1-4-7-10-13-16-19-22-25-28-31-32-35-37-40-43-46-49-52-55-58-64(67)70-61-62(71-65(68)59-56-53-50-47-44-41-38-34-30-27-24-21-18-15-12-9-6-3)60-69-63(66)57-54-51-48-45-42-39-36-33-29-26-23-20-17-14-11-8-5-2/h7-12,14-21,23-30,32-36,38-44,49,52,62H,4-6,13,22,31,37,45-48,50-51,53-61H2,1-3H3/b10-7-,11-8-,12-9-,17-14-,18-15-,19-16-,23-20-,24-21-,28-25-,29-26-,30-27-,35-32-,36-33+,38-34+,42-39-,43-40-,44-41-,52-49-. The molecule has 0 saturated carbocycles. The summed E-state index contributed by atoms with van der Waals surface area (Å²) in [7, 11) is 0. The van der Waals surface area contributed by atoms with Gasteiger partial charge in [-0.1, -0.05) is 252 Å². The van der Waals surface area contributed by atoms with E-state index in [4.69, 9.17) is 14.2 Å². The quantitative estimate of drug-likeness (QED) is 0.0199. The molecule has 0 amide bonds. The van der Waals surface area contributed by atoms with Gasteiger partial charge in [0.25, 0.3) is 0 Å². The topological polar surface area (TPSA) is 78.9 Å². The number of ether oxygens (including phenoxy) is 3. The first kappa shape index (κ1) is 64.7. The molecule has 6 heteroatoms. The van der Waals surface area contributed by atoms with Gasteiger partial charge in [0.05, 0.1) is 0 Å². The number of unbranched alkanes of at least 4 members (excludes halogenated alkanes) is 6. The minimum Gasteiger partial charge on any atom is -0.462 e. The molecule has 0 aromatic carbocycles. The van der Waals surface area contributed by atoms with E-state index in [0.717, 1.165) is 89.9 Å². The van der Waals surface area contributed by atoms with Crippen LogP contribution < -0.4 is 0 Å². The second-order valence-corrected chi connectivity index (χ2v) is 16.2. The van der Waals surface area contributed by atoms with E-state index in [1.807, 2.05) is 134 Å². The molecule has 6 nitrogen and oxygen atoms in total. The third-order valence-corrected chi connectivity index (χ3v) is 9.79. The number of rotatable bonds is 43. The molecule has 0 radical (unpaired) electrons. The molecular weight excluding hydrogens is 877 g/mol. The molecule has 0 bridgehead atoms. The van der Waals surface area contributed by atoms with Gasteiger partial charge < -0.3 is 14.2 Å². The van der Waals surface area contributed by atoms with Crippen molar-refractivity contribution in [2.24, 2.45) is 0 Å². The second-order valence-electron chi connectivity index (χ2n) is 16.2. The van der Waals surface area contributed by atoms with Crippen molar-refractivity contribution in [3.63, 3.8) is 0 Å². The summed E-state index contributed by atoms with van der Waals surface area (Å²) >= 11 is 0. The third-order valence-electron chi connectivity index (χ3n) is 9.79. The maximum atomic E-state index is 12.8. The van der Waals surface area contributed by atoms with Crippen molar-refractivity contribution in [2.75, 3.05) is 13.2 Å². The van der Waals surface area contributed by atoms with Crippen LogP contribution in [0.3, 0.4) is 0 Å². The second kappa shape index (κ2) is 56.3. The molecule has 0 rings (SSSR count). The molecule has 386 valence electrons. The van der Waals surface area contributed by atoms with Crippen molar-refractivity contribution in [3.05, 3.63) is 219 Å². The maximum absolute atomic E-state index is 12.8. The summed E-state index contributed by atoms with van der Waals surface area (Å²) in [4.78, 5) is 38.1. The van der Waals surface area contributed by atoms with Crippen molar-refractivity contribution in [1.82, 2.24) is 0 Å². The fraction of sp³-hybridized carbons (Fsp3) is 0.400. The maximum Gasteiger partial charge on any atom is 0.306 e. The van der Waals surface area contributed by atoms with Gasteiger partial charge >= 0.3 is 17.9 Å². The van der Waals surface area contributed by atoms with E-state index in [-0.39, 0.29) is 38.4 Å². The van der Waals surface area contributed by atoms with Gasteiger partial charge in [-0.15, -0.1) is 0 Å². The average molecular weight is 967 g/mol. The van der Waals surface area contributed by atoms with Gasteiger partial charge in [0, 0.05) is 19.3 Å². The minimum atomic E-state index is -0.867. The van der Waals surface area contributed by atoms with E-state index in [0.29, 0.717) is 19.3 Å². The summed E-state index contributed by atoms with van der Waals surface area (Å²) in [6, 6.07) is 0. The molecule has 0 spiro atoms. The predicted octanol–water partition coefficient (Wildman–Crippen LogP) is 17.9. The van der Waals surface area contributed by atoms with Crippen LogP contribution in [0.4, 0.5) is 0 Å². The number of hydrogen-bond acceptors (Lipinski definition) is 6. The van der Waals surface area contributed by atoms with Crippen LogP contribution in [0, 0.1) is 0 Å². The molecule has 0 aromatic heterocycles. The zero-order chi connectivity index (χ0) is 51.4. The van der Waals surface area contributed by atoms with Crippen molar-refractivity contribution in [3.8, 4) is 0 Å². The molecule has 1 atom stereocenters. The molecule has 0 heterocycles. The Balaban J connectivity index is 4.75. The lowest BCUT2D eigenvalue weighted by Gasteiger charge is -2.18. The molecule has 0 aliphatic heterocycles. The highest BCUT2D eigenvalue weighted by Crippen LogP contribution is 2.10. The Bertz CT molecular complexity index is 1870. The summed E-state index contributed by atoms with van der Waals surface area (Å²) in [5.41, 5.74) is 0. The average Bonchev–Trinajstić information content (AvgIpc) is 3.37. The number of allylic oxidation sites excluding steroid dienone is 36. The van der Waals surface area contributed by atoms with Gasteiger partial charge in [0.15, 0.2) is 6.10 Å². The van der Waals surface area contributed by atoms with Crippen LogP contribution >= 0.6 is 0 Å². The van der Waals surface area contributed by atoms with Crippen LogP contribution in [0.2, 0.25) is 0 Å². The Morgan fingerprint density at radius 1 is 0.296 bits per heavy atom. The first-order valence-electron chi connectivity index (χ1n) is 26.4. The largest absolute Gasteiger partial charge is 0.462 e. The van der Waals surface area contributed by atoms with E-state index in [9.17, 15) is 14.4 Å². The first-order chi connectivity index (χ1) is 35.0. The van der Waals surface area contributed by atoms with E-state index < -0.39 is 18.0 Å². The molecule has 0 fully saturated rings. The molecular formula is C65H90O6. The van der Waals surface area contributed by atoms with E-state index in [2.05, 4.69) is 106 Å². The fourth-order valence-electron chi connectivity index (χ4n) is 5.94. The summed E-state index contributed by atoms with van der Waals surface area (Å²) in [6.07, 6.45) is 89.2. The van der Waals surface area contributed by atoms with E-state index in [1.165, 1.54) is 0 Å².